The molecule has 3 nitrogen and oxygen atoms in total. The van der Waals surface area contributed by atoms with Gasteiger partial charge in [0, 0.05) is 30.7 Å². The molecule has 2 heterocycles. The SMILES string of the molecule is CCNCc1cc(N2CCCC(C)C2)c2ccccc2n1. The summed E-state index contributed by atoms with van der Waals surface area (Å²) >= 11 is 0. The number of aromatic nitrogens is 1. The normalized spacial score (nSPS) is 19.1. The van der Waals surface area contributed by atoms with Gasteiger partial charge >= 0.3 is 0 Å². The van der Waals surface area contributed by atoms with E-state index in [1.807, 2.05) is 0 Å². The first-order valence-corrected chi connectivity index (χ1v) is 8.12. The van der Waals surface area contributed by atoms with Crippen LogP contribution in [0.15, 0.2) is 30.3 Å². The van der Waals surface area contributed by atoms with Crippen LogP contribution in [0.5, 0.6) is 0 Å². The van der Waals surface area contributed by atoms with Crippen LogP contribution in [0.1, 0.15) is 32.4 Å². The third-order valence-corrected chi connectivity index (χ3v) is 4.30. The lowest BCUT2D eigenvalue weighted by Gasteiger charge is -2.33. The highest BCUT2D eigenvalue weighted by molar-refractivity contribution is 5.92. The lowest BCUT2D eigenvalue weighted by atomic mass is 9.99. The molecule has 1 aliphatic rings. The molecule has 1 N–H and O–H groups in total. The summed E-state index contributed by atoms with van der Waals surface area (Å²) < 4.78 is 0. The smallest absolute Gasteiger partial charge is 0.0726 e. The Morgan fingerprint density at radius 1 is 1.33 bits per heavy atom. The molecule has 2 aromatic rings. The number of anilines is 1. The van der Waals surface area contributed by atoms with Crippen molar-refractivity contribution in [2.24, 2.45) is 5.92 Å². The van der Waals surface area contributed by atoms with Crippen molar-refractivity contribution in [1.29, 1.82) is 0 Å². The summed E-state index contributed by atoms with van der Waals surface area (Å²) in [6.07, 6.45) is 2.64. The molecule has 3 rings (SSSR count). The fourth-order valence-electron chi connectivity index (χ4n) is 3.22. The molecule has 1 aromatic carbocycles. The third kappa shape index (κ3) is 3.18. The summed E-state index contributed by atoms with van der Waals surface area (Å²) in [6, 6.07) is 10.8. The third-order valence-electron chi connectivity index (χ3n) is 4.30. The fourth-order valence-corrected chi connectivity index (χ4v) is 3.22. The Morgan fingerprint density at radius 2 is 2.19 bits per heavy atom. The number of nitrogens with zero attached hydrogens (tertiary/aromatic N) is 2. The number of piperidine rings is 1. The summed E-state index contributed by atoms with van der Waals surface area (Å²) in [5, 5.41) is 4.67. The van der Waals surface area contributed by atoms with E-state index in [2.05, 4.69) is 54.4 Å². The fraction of sp³-hybridized carbons (Fsp3) is 0.500. The maximum atomic E-state index is 4.80. The van der Waals surface area contributed by atoms with Crippen LogP contribution in [-0.4, -0.2) is 24.6 Å². The van der Waals surface area contributed by atoms with Crippen molar-refractivity contribution in [3.63, 3.8) is 0 Å². The summed E-state index contributed by atoms with van der Waals surface area (Å²) in [5.74, 6) is 0.780. The molecule has 0 saturated carbocycles. The molecule has 1 aromatic heterocycles. The van der Waals surface area contributed by atoms with E-state index in [1.165, 1.54) is 30.5 Å². The van der Waals surface area contributed by atoms with Crippen LogP contribution in [0.4, 0.5) is 5.69 Å². The van der Waals surface area contributed by atoms with Gasteiger partial charge in [-0.25, -0.2) is 0 Å². The van der Waals surface area contributed by atoms with Gasteiger partial charge in [0.05, 0.1) is 11.2 Å². The number of hydrogen-bond donors (Lipinski definition) is 1. The average Bonchev–Trinajstić information content (AvgIpc) is 2.52. The minimum absolute atomic E-state index is 0.780. The average molecular weight is 283 g/mol. The second kappa shape index (κ2) is 6.44. The minimum atomic E-state index is 0.780. The first kappa shape index (κ1) is 14.3. The van der Waals surface area contributed by atoms with Crippen molar-refractivity contribution in [3.8, 4) is 0 Å². The van der Waals surface area contributed by atoms with Gasteiger partial charge in [0.15, 0.2) is 0 Å². The second-order valence-corrected chi connectivity index (χ2v) is 6.12. The molecule has 0 spiro atoms. The van der Waals surface area contributed by atoms with Crippen molar-refractivity contribution in [1.82, 2.24) is 10.3 Å². The first-order valence-electron chi connectivity index (χ1n) is 8.12. The van der Waals surface area contributed by atoms with Gasteiger partial charge in [0.2, 0.25) is 0 Å². The standard InChI is InChI=1S/C18H25N3/c1-3-19-12-15-11-18(21-10-6-7-14(2)13-21)16-8-4-5-9-17(16)20-15/h4-5,8-9,11,14,19H,3,6-7,10,12-13H2,1-2H3. The molecule has 0 aliphatic carbocycles. The predicted octanol–water partition coefficient (Wildman–Crippen LogP) is 3.58. The predicted molar refractivity (Wildman–Crippen MR) is 89.7 cm³/mol. The van der Waals surface area contributed by atoms with E-state index < -0.39 is 0 Å². The van der Waals surface area contributed by atoms with Crippen molar-refractivity contribution in [2.75, 3.05) is 24.5 Å². The van der Waals surface area contributed by atoms with Gasteiger partial charge in [-0.2, -0.15) is 0 Å². The number of pyridine rings is 1. The highest BCUT2D eigenvalue weighted by atomic mass is 15.1. The molecule has 1 saturated heterocycles. The van der Waals surface area contributed by atoms with Crippen LogP contribution in [0.2, 0.25) is 0 Å². The number of rotatable bonds is 4. The number of nitrogens with one attached hydrogen (secondary N) is 1. The van der Waals surface area contributed by atoms with Crippen LogP contribution < -0.4 is 10.2 Å². The van der Waals surface area contributed by atoms with Crippen molar-refractivity contribution in [3.05, 3.63) is 36.0 Å². The lowest BCUT2D eigenvalue weighted by molar-refractivity contribution is 0.447. The zero-order valence-electron chi connectivity index (χ0n) is 13.1. The van der Waals surface area contributed by atoms with Crippen LogP contribution in [-0.2, 0) is 6.54 Å². The molecule has 112 valence electrons. The van der Waals surface area contributed by atoms with Gasteiger partial charge < -0.3 is 10.2 Å². The molecule has 0 amide bonds. The molecular formula is C18H25N3. The Bertz CT molecular complexity index is 608. The number of hydrogen-bond acceptors (Lipinski definition) is 3. The molecule has 0 bridgehead atoms. The topological polar surface area (TPSA) is 28.2 Å². The maximum Gasteiger partial charge on any atom is 0.0726 e. The van der Waals surface area contributed by atoms with E-state index in [-0.39, 0.29) is 0 Å². The quantitative estimate of drug-likeness (QED) is 0.929. The zero-order chi connectivity index (χ0) is 14.7. The van der Waals surface area contributed by atoms with Crippen molar-refractivity contribution in [2.45, 2.75) is 33.2 Å². The summed E-state index contributed by atoms with van der Waals surface area (Å²) in [7, 11) is 0. The Labute approximate surface area is 127 Å². The Morgan fingerprint density at radius 3 is 3.00 bits per heavy atom. The zero-order valence-corrected chi connectivity index (χ0v) is 13.1. The summed E-state index contributed by atoms with van der Waals surface area (Å²) in [5.41, 5.74) is 3.62. The van der Waals surface area contributed by atoms with E-state index >= 15 is 0 Å². The van der Waals surface area contributed by atoms with Gasteiger partial charge in [0.1, 0.15) is 0 Å². The molecule has 1 fully saturated rings. The van der Waals surface area contributed by atoms with Crippen molar-refractivity contribution >= 4 is 16.6 Å². The van der Waals surface area contributed by atoms with Gasteiger partial charge in [-0.3, -0.25) is 4.98 Å². The maximum absolute atomic E-state index is 4.80. The Kier molecular flexibility index (Phi) is 4.39. The monoisotopic (exact) mass is 283 g/mol. The number of fused-ring (bicyclic) bond motifs is 1. The van der Waals surface area contributed by atoms with Crippen molar-refractivity contribution < 1.29 is 0 Å². The Balaban J connectivity index is 2.01. The van der Waals surface area contributed by atoms with Crippen LogP contribution in [0.3, 0.4) is 0 Å². The Hall–Kier alpha value is -1.61. The molecule has 1 unspecified atom stereocenters. The molecule has 0 radical (unpaired) electrons. The molecule has 1 aliphatic heterocycles. The van der Waals surface area contributed by atoms with E-state index in [4.69, 9.17) is 4.98 Å². The highest BCUT2D eigenvalue weighted by Crippen LogP contribution is 2.30. The minimum Gasteiger partial charge on any atom is -0.371 e. The van der Waals surface area contributed by atoms with E-state index in [1.54, 1.807) is 0 Å². The van der Waals surface area contributed by atoms with Crippen LogP contribution in [0.25, 0.3) is 10.9 Å². The largest absolute Gasteiger partial charge is 0.371 e. The molecule has 1 atom stereocenters. The van der Waals surface area contributed by atoms with E-state index in [0.717, 1.165) is 36.8 Å². The number of benzene rings is 1. The second-order valence-electron chi connectivity index (χ2n) is 6.12. The lowest BCUT2D eigenvalue weighted by Crippen LogP contribution is -2.34. The van der Waals surface area contributed by atoms with E-state index in [9.17, 15) is 0 Å². The van der Waals surface area contributed by atoms with Gasteiger partial charge in [-0.05, 0) is 37.4 Å². The number of para-hydroxylation sites is 1. The molecule has 21 heavy (non-hydrogen) atoms. The summed E-state index contributed by atoms with van der Waals surface area (Å²) in [6.45, 7) is 8.64. The van der Waals surface area contributed by atoms with Crippen LogP contribution >= 0.6 is 0 Å². The summed E-state index contributed by atoms with van der Waals surface area (Å²) in [4.78, 5) is 7.35. The molecule has 3 heteroatoms. The van der Waals surface area contributed by atoms with Crippen LogP contribution in [0, 0.1) is 5.92 Å². The molecular weight excluding hydrogens is 258 g/mol. The van der Waals surface area contributed by atoms with Gasteiger partial charge in [0.25, 0.3) is 0 Å². The first-order chi connectivity index (χ1) is 10.3. The van der Waals surface area contributed by atoms with E-state index in [0.29, 0.717) is 0 Å². The van der Waals surface area contributed by atoms with Gasteiger partial charge in [-0.1, -0.05) is 32.0 Å². The highest BCUT2D eigenvalue weighted by Gasteiger charge is 2.19. The van der Waals surface area contributed by atoms with Gasteiger partial charge in [-0.15, -0.1) is 0 Å².